The first-order chi connectivity index (χ1) is 12.6. The van der Waals surface area contributed by atoms with Gasteiger partial charge in [0, 0.05) is 31.3 Å². The molecule has 5 heteroatoms. The van der Waals surface area contributed by atoms with Crippen LogP contribution in [0, 0.1) is 0 Å². The molecule has 3 unspecified atom stereocenters. The lowest BCUT2D eigenvalue weighted by molar-refractivity contribution is -0.0657. The van der Waals surface area contributed by atoms with E-state index in [1.54, 1.807) is 0 Å². The van der Waals surface area contributed by atoms with Crippen LogP contribution in [0.1, 0.15) is 40.2 Å². The molecule has 0 saturated heterocycles. The van der Waals surface area contributed by atoms with Gasteiger partial charge in [0.15, 0.2) is 24.1 Å². The maximum atomic E-state index is 6.08. The lowest BCUT2D eigenvalue weighted by Gasteiger charge is -2.19. The summed E-state index contributed by atoms with van der Waals surface area (Å²) < 4.78 is 28.9. The number of fused-ring (bicyclic) bond motifs is 1. The predicted octanol–water partition coefficient (Wildman–Crippen LogP) is 4.65. The van der Waals surface area contributed by atoms with Crippen molar-refractivity contribution in [1.82, 2.24) is 0 Å². The van der Waals surface area contributed by atoms with Crippen LogP contribution in [0.4, 0.5) is 0 Å². The van der Waals surface area contributed by atoms with Crippen LogP contribution in [0.2, 0.25) is 0 Å². The van der Waals surface area contributed by atoms with Crippen molar-refractivity contribution in [3.8, 4) is 17.2 Å². The minimum Gasteiger partial charge on any atom is -0.482 e. The molecule has 1 aromatic carbocycles. The standard InChI is InChI=1S/C21H30O5/c1-6-9-10-11-18-12-17-13-19(24-15(4)22-7-2)14-20(21(17)26-18)25-16(5)23-8-3/h6,9-11,13-16,18H,7-8,12H2,1-5H3/b9-6+,11-10-. The van der Waals surface area contributed by atoms with Gasteiger partial charge in [-0.05, 0) is 46.8 Å². The van der Waals surface area contributed by atoms with E-state index < -0.39 is 0 Å². The Morgan fingerprint density at radius 2 is 1.77 bits per heavy atom. The van der Waals surface area contributed by atoms with Crippen LogP contribution in [0.25, 0.3) is 0 Å². The van der Waals surface area contributed by atoms with Crippen LogP contribution in [-0.4, -0.2) is 31.9 Å². The van der Waals surface area contributed by atoms with E-state index >= 15 is 0 Å². The molecule has 0 radical (unpaired) electrons. The van der Waals surface area contributed by atoms with E-state index in [0.29, 0.717) is 24.7 Å². The average molecular weight is 362 g/mol. The van der Waals surface area contributed by atoms with Gasteiger partial charge in [0.1, 0.15) is 11.9 Å². The maximum Gasteiger partial charge on any atom is 0.197 e. The highest BCUT2D eigenvalue weighted by molar-refractivity contribution is 5.54. The largest absolute Gasteiger partial charge is 0.482 e. The van der Waals surface area contributed by atoms with E-state index in [1.165, 1.54) is 0 Å². The second kappa shape index (κ2) is 10.2. The van der Waals surface area contributed by atoms with Gasteiger partial charge in [-0.1, -0.05) is 18.2 Å². The molecule has 0 aliphatic carbocycles. The van der Waals surface area contributed by atoms with E-state index in [9.17, 15) is 0 Å². The normalized spacial score (nSPS) is 18.7. The van der Waals surface area contributed by atoms with E-state index in [0.717, 1.165) is 17.7 Å². The van der Waals surface area contributed by atoms with Crippen LogP contribution in [-0.2, 0) is 15.9 Å². The lowest BCUT2D eigenvalue weighted by atomic mass is 10.1. The van der Waals surface area contributed by atoms with Crippen LogP contribution in [0.3, 0.4) is 0 Å². The summed E-state index contributed by atoms with van der Waals surface area (Å²) in [4.78, 5) is 0. The third-order valence-electron chi connectivity index (χ3n) is 3.82. The topological polar surface area (TPSA) is 46.2 Å². The molecule has 1 aliphatic rings. The molecule has 1 heterocycles. The number of allylic oxidation sites excluding steroid dienone is 3. The minimum absolute atomic E-state index is 0.0227. The molecular weight excluding hydrogens is 332 g/mol. The van der Waals surface area contributed by atoms with Gasteiger partial charge in [-0.25, -0.2) is 0 Å². The fraction of sp³-hybridized carbons (Fsp3) is 0.524. The Morgan fingerprint density at radius 1 is 1.08 bits per heavy atom. The highest BCUT2D eigenvalue weighted by Gasteiger charge is 2.27. The Kier molecular flexibility index (Phi) is 8.01. The molecule has 144 valence electrons. The van der Waals surface area contributed by atoms with Crippen LogP contribution in [0.5, 0.6) is 17.2 Å². The molecule has 0 aromatic heterocycles. The van der Waals surface area contributed by atoms with Gasteiger partial charge >= 0.3 is 0 Å². The van der Waals surface area contributed by atoms with Crippen LogP contribution < -0.4 is 14.2 Å². The Bertz CT molecular complexity index is 623. The highest BCUT2D eigenvalue weighted by atomic mass is 16.7. The molecule has 0 spiro atoms. The van der Waals surface area contributed by atoms with Crippen molar-refractivity contribution < 1.29 is 23.7 Å². The number of hydrogen-bond acceptors (Lipinski definition) is 5. The molecule has 26 heavy (non-hydrogen) atoms. The first-order valence-corrected chi connectivity index (χ1v) is 9.26. The lowest BCUT2D eigenvalue weighted by Crippen LogP contribution is -2.18. The number of hydrogen-bond donors (Lipinski definition) is 0. The van der Waals surface area contributed by atoms with Gasteiger partial charge in [-0.15, -0.1) is 0 Å². The summed E-state index contributed by atoms with van der Waals surface area (Å²) in [7, 11) is 0. The first-order valence-electron chi connectivity index (χ1n) is 9.26. The zero-order valence-corrected chi connectivity index (χ0v) is 16.4. The summed E-state index contributed by atoms with van der Waals surface area (Å²) in [5.74, 6) is 2.08. The predicted molar refractivity (Wildman–Crippen MR) is 102 cm³/mol. The van der Waals surface area contributed by atoms with Crippen molar-refractivity contribution in [1.29, 1.82) is 0 Å². The molecule has 5 nitrogen and oxygen atoms in total. The molecular formula is C21H30O5. The van der Waals surface area contributed by atoms with Gasteiger partial charge < -0.3 is 23.7 Å². The zero-order valence-electron chi connectivity index (χ0n) is 16.4. The Balaban J connectivity index is 2.23. The summed E-state index contributed by atoms with van der Waals surface area (Å²) in [6.07, 6.45) is 8.05. The molecule has 1 aromatic rings. The number of benzene rings is 1. The second-order valence-corrected chi connectivity index (χ2v) is 5.96. The molecule has 0 saturated carbocycles. The fourth-order valence-electron chi connectivity index (χ4n) is 2.80. The second-order valence-electron chi connectivity index (χ2n) is 5.96. The molecule has 1 aliphatic heterocycles. The van der Waals surface area contributed by atoms with Gasteiger partial charge in [-0.2, -0.15) is 0 Å². The van der Waals surface area contributed by atoms with Crippen molar-refractivity contribution in [2.75, 3.05) is 13.2 Å². The maximum absolute atomic E-state index is 6.08. The Hall–Kier alpha value is -1.98. The van der Waals surface area contributed by atoms with Crippen molar-refractivity contribution in [2.45, 2.75) is 59.7 Å². The quantitative estimate of drug-likeness (QED) is 0.448. The van der Waals surface area contributed by atoms with Crippen molar-refractivity contribution in [3.05, 3.63) is 42.0 Å². The van der Waals surface area contributed by atoms with Gasteiger partial charge in [0.2, 0.25) is 0 Å². The molecule has 0 N–H and O–H groups in total. The van der Waals surface area contributed by atoms with Crippen molar-refractivity contribution in [3.63, 3.8) is 0 Å². The number of rotatable bonds is 10. The summed E-state index contributed by atoms with van der Waals surface area (Å²) in [6, 6.07) is 3.83. The summed E-state index contributed by atoms with van der Waals surface area (Å²) in [6.45, 7) is 10.8. The van der Waals surface area contributed by atoms with E-state index in [2.05, 4.69) is 0 Å². The summed E-state index contributed by atoms with van der Waals surface area (Å²) in [5.41, 5.74) is 1.06. The van der Waals surface area contributed by atoms with E-state index in [1.807, 2.05) is 71.1 Å². The van der Waals surface area contributed by atoms with E-state index in [-0.39, 0.29) is 18.7 Å². The zero-order chi connectivity index (χ0) is 18.9. The average Bonchev–Trinajstić information content (AvgIpc) is 2.98. The molecule has 2 rings (SSSR count). The van der Waals surface area contributed by atoms with Crippen LogP contribution in [0.15, 0.2) is 36.4 Å². The molecule has 0 amide bonds. The van der Waals surface area contributed by atoms with Gasteiger partial charge in [0.25, 0.3) is 0 Å². The first kappa shape index (κ1) is 20.3. The SMILES string of the molecule is C/C=C/C=C\C1Cc2cc(OC(C)OCC)cc(OC(C)OCC)c2O1. The van der Waals surface area contributed by atoms with Gasteiger partial charge in [-0.3, -0.25) is 0 Å². The van der Waals surface area contributed by atoms with Crippen LogP contribution >= 0.6 is 0 Å². The van der Waals surface area contributed by atoms with E-state index in [4.69, 9.17) is 23.7 Å². The third kappa shape index (κ3) is 5.78. The molecule has 3 atom stereocenters. The number of ether oxygens (including phenoxy) is 5. The highest BCUT2D eigenvalue weighted by Crippen LogP contribution is 2.42. The Morgan fingerprint density at radius 3 is 2.42 bits per heavy atom. The summed E-state index contributed by atoms with van der Waals surface area (Å²) >= 11 is 0. The third-order valence-corrected chi connectivity index (χ3v) is 3.82. The fourth-order valence-corrected chi connectivity index (χ4v) is 2.80. The summed E-state index contributed by atoms with van der Waals surface area (Å²) in [5, 5.41) is 0. The van der Waals surface area contributed by atoms with Crippen molar-refractivity contribution in [2.24, 2.45) is 0 Å². The minimum atomic E-state index is -0.370. The smallest absolute Gasteiger partial charge is 0.197 e. The molecule has 0 bridgehead atoms. The monoisotopic (exact) mass is 362 g/mol. The molecule has 0 fully saturated rings. The van der Waals surface area contributed by atoms with Crippen molar-refractivity contribution >= 4 is 0 Å². The van der Waals surface area contributed by atoms with Gasteiger partial charge in [0.05, 0.1) is 0 Å². The Labute approximate surface area is 156 Å².